The number of allylic oxidation sites excluding steroid dienone is 12. The summed E-state index contributed by atoms with van der Waals surface area (Å²) < 4.78 is 17.2. The Morgan fingerprint density at radius 1 is 0.525 bits per heavy atom. The van der Waals surface area contributed by atoms with Gasteiger partial charge in [0.2, 0.25) is 0 Å². The lowest BCUT2D eigenvalue weighted by Crippen LogP contribution is -2.50. The minimum Gasteiger partial charge on any atom is -0.477 e. The molecule has 0 radical (unpaired) electrons. The molecule has 2 unspecified atom stereocenters. The van der Waals surface area contributed by atoms with E-state index in [2.05, 4.69) is 86.8 Å². The van der Waals surface area contributed by atoms with Crippen molar-refractivity contribution in [3.05, 3.63) is 72.9 Å². The Morgan fingerprint density at radius 2 is 0.966 bits per heavy atom. The first-order chi connectivity index (χ1) is 28.6. The summed E-state index contributed by atoms with van der Waals surface area (Å²) in [6.07, 6.45) is 52.4. The van der Waals surface area contributed by atoms with Crippen LogP contribution in [0.2, 0.25) is 0 Å². The lowest BCUT2D eigenvalue weighted by atomic mass is 10.1. The van der Waals surface area contributed by atoms with Crippen LogP contribution in [0.5, 0.6) is 0 Å². The Labute approximate surface area is 361 Å². The first kappa shape index (κ1) is 55.8. The van der Waals surface area contributed by atoms with Crippen LogP contribution in [0.3, 0.4) is 0 Å². The summed E-state index contributed by atoms with van der Waals surface area (Å²) in [4.78, 5) is 37.0. The highest BCUT2D eigenvalue weighted by Gasteiger charge is 2.31. The van der Waals surface area contributed by atoms with Gasteiger partial charge in [-0.3, -0.25) is 9.59 Å². The van der Waals surface area contributed by atoms with Crippen molar-refractivity contribution in [2.45, 2.75) is 193 Å². The largest absolute Gasteiger partial charge is 0.477 e. The number of carbonyl (C=O) groups is 3. The van der Waals surface area contributed by atoms with Gasteiger partial charge in [-0.2, -0.15) is 0 Å². The Hall–Kier alpha value is -3.23. The third kappa shape index (κ3) is 40.0. The maximum Gasteiger partial charge on any atom is 0.362 e. The molecule has 0 heterocycles. The van der Waals surface area contributed by atoms with Gasteiger partial charge in [-0.15, -0.1) is 0 Å². The molecule has 338 valence electrons. The van der Waals surface area contributed by atoms with E-state index in [0.29, 0.717) is 19.3 Å². The van der Waals surface area contributed by atoms with Gasteiger partial charge in [-0.05, 0) is 77.0 Å². The lowest BCUT2D eigenvalue weighted by molar-refractivity contribution is -0.887. The summed E-state index contributed by atoms with van der Waals surface area (Å²) in [6.45, 7) is 4.55. The molecule has 1 N–H and O–H groups in total. The second-order valence-electron chi connectivity index (χ2n) is 16.6. The molecule has 0 fully saturated rings. The number of likely N-dealkylation sites (N-methyl/N-ethyl adjacent to an activating group) is 1. The number of unbranched alkanes of at least 4 members (excludes halogenated alkanes) is 15. The van der Waals surface area contributed by atoms with Gasteiger partial charge < -0.3 is 23.8 Å². The van der Waals surface area contributed by atoms with Crippen LogP contribution in [0.25, 0.3) is 0 Å². The average Bonchev–Trinajstić information content (AvgIpc) is 3.19. The molecule has 0 rings (SSSR count). The van der Waals surface area contributed by atoms with Gasteiger partial charge in [0.05, 0.1) is 34.4 Å². The third-order valence-electron chi connectivity index (χ3n) is 10.1. The van der Waals surface area contributed by atoms with Gasteiger partial charge in [0.25, 0.3) is 0 Å². The number of nitrogens with zero attached hydrogens (tertiary/aromatic N) is 1. The predicted octanol–water partition coefficient (Wildman–Crippen LogP) is 13.1. The molecule has 0 aliphatic heterocycles. The van der Waals surface area contributed by atoms with E-state index in [4.69, 9.17) is 14.2 Å². The Balaban J connectivity index is 4.42. The van der Waals surface area contributed by atoms with Crippen LogP contribution in [0.1, 0.15) is 181 Å². The molecule has 0 amide bonds. The molecular formula is C51H88NO7+. The summed E-state index contributed by atoms with van der Waals surface area (Å²) >= 11 is 0. The number of hydrogen-bond acceptors (Lipinski definition) is 6. The monoisotopic (exact) mass is 827 g/mol. The van der Waals surface area contributed by atoms with Crippen molar-refractivity contribution >= 4 is 17.9 Å². The SMILES string of the molecule is CC/C=C/C/C=C/C/C=C/C/C=C/C/C=C/CCCC(=O)OC(COCCC(C(=O)O)[N+](C)(C)C)COC(=O)CCCCCCC/C=C/CCCCCCCCCCC. The molecule has 0 aromatic rings. The van der Waals surface area contributed by atoms with Gasteiger partial charge in [0.15, 0.2) is 12.1 Å². The molecular weight excluding hydrogens is 739 g/mol. The van der Waals surface area contributed by atoms with E-state index in [1.165, 1.54) is 70.6 Å². The minimum absolute atomic E-state index is 0.0327. The van der Waals surface area contributed by atoms with E-state index >= 15 is 0 Å². The molecule has 0 aromatic carbocycles. The number of hydrogen-bond donors (Lipinski definition) is 1. The van der Waals surface area contributed by atoms with Gasteiger partial charge >= 0.3 is 17.9 Å². The number of carboxylic acid groups (broad SMARTS) is 1. The van der Waals surface area contributed by atoms with E-state index in [9.17, 15) is 19.5 Å². The second-order valence-corrected chi connectivity index (χ2v) is 16.6. The minimum atomic E-state index is -0.887. The van der Waals surface area contributed by atoms with E-state index in [-0.39, 0.29) is 42.7 Å². The molecule has 0 aliphatic rings. The fourth-order valence-corrected chi connectivity index (χ4v) is 6.47. The summed E-state index contributed by atoms with van der Waals surface area (Å²) in [7, 11) is 5.50. The normalized spacial score (nSPS) is 13.6. The van der Waals surface area contributed by atoms with Crippen molar-refractivity contribution in [2.75, 3.05) is 41.0 Å². The highest BCUT2D eigenvalue weighted by Crippen LogP contribution is 2.13. The zero-order valence-electron chi connectivity index (χ0n) is 38.4. The van der Waals surface area contributed by atoms with Crippen LogP contribution in [-0.2, 0) is 28.6 Å². The van der Waals surface area contributed by atoms with E-state index < -0.39 is 18.1 Å². The van der Waals surface area contributed by atoms with Crippen molar-refractivity contribution in [3.8, 4) is 0 Å². The highest BCUT2D eigenvalue weighted by atomic mass is 16.6. The van der Waals surface area contributed by atoms with Gasteiger partial charge in [-0.25, -0.2) is 4.79 Å². The van der Waals surface area contributed by atoms with Gasteiger partial charge in [0.1, 0.15) is 6.61 Å². The van der Waals surface area contributed by atoms with Crippen molar-refractivity contribution in [3.63, 3.8) is 0 Å². The van der Waals surface area contributed by atoms with Gasteiger partial charge in [-0.1, -0.05) is 157 Å². The zero-order valence-corrected chi connectivity index (χ0v) is 38.4. The molecule has 8 heteroatoms. The summed E-state index contributed by atoms with van der Waals surface area (Å²) in [5.41, 5.74) is 0. The molecule has 0 saturated carbocycles. The number of carbonyl (C=O) groups excluding carboxylic acids is 2. The van der Waals surface area contributed by atoms with Crippen molar-refractivity contribution in [1.29, 1.82) is 0 Å². The van der Waals surface area contributed by atoms with Crippen LogP contribution in [0.15, 0.2) is 72.9 Å². The predicted molar refractivity (Wildman–Crippen MR) is 247 cm³/mol. The van der Waals surface area contributed by atoms with E-state index in [1.807, 2.05) is 21.1 Å². The first-order valence-corrected chi connectivity index (χ1v) is 23.5. The quantitative estimate of drug-likeness (QED) is 0.0284. The zero-order chi connectivity index (χ0) is 43.5. The maximum absolute atomic E-state index is 12.7. The maximum atomic E-state index is 12.7. The second kappa shape index (κ2) is 41.5. The van der Waals surface area contributed by atoms with Crippen LogP contribution in [-0.4, -0.2) is 80.6 Å². The molecule has 0 aliphatic carbocycles. The molecule has 59 heavy (non-hydrogen) atoms. The number of aliphatic carboxylic acids is 1. The first-order valence-electron chi connectivity index (χ1n) is 23.5. The standard InChI is InChI=1S/C51H87NO7/c1-6-8-10-12-14-16-18-20-22-24-26-27-29-31-33-35-37-39-41-49(53)58-46-47(45-57-44-43-48(51(55)56)52(3,4)5)59-50(54)42-40-38-36-34-32-30-28-25-23-21-19-17-15-13-11-9-7-2/h9,11,15,17,21,23,26-28,30,34,36,47-48H,6-8,10,12-14,16,18-20,22,24-25,29,31-33,35,37-46H2,1-5H3/p+1/b11-9+,17-15+,23-21+,27-26+,30-28+,36-34+. The third-order valence-corrected chi connectivity index (χ3v) is 10.1. The van der Waals surface area contributed by atoms with Crippen LogP contribution >= 0.6 is 0 Å². The number of ether oxygens (including phenoxy) is 3. The summed E-state index contributed by atoms with van der Waals surface area (Å²) in [6, 6.07) is -0.629. The Kier molecular flexibility index (Phi) is 39.2. The van der Waals surface area contributed by atoms with E-state index in [0.717, 1.165) is 70.6 Å². The number of esters is 2. The fraction of sp³-hybridized carbons (Fsp3) is 0.706. The lowest BCUT2D eigenvalue weighted by Gasteiger charge is -2.31. The Bertz CT molecular complexity index is 1190. The van der Waals surface area contributed by atoms with Crippen molar-refractivity contribution in [2.24, 2.45) is 0 Å². The number of rotatable bonds is 41. The molecule has 0 aromatic heterocycles. The molecule has 8 nitrogen and oxygen atoms in total. The topological polar surface area (TPSA) is 99.1 Å². The average molecular weight is 827 g/mol. The van der Waals surface area contributed by atoms with Gasteiger partial charge in [0, 0.05) is 19.3 Å². The fourth-order valence-electron chi connectivity index (χ4n) is 6.47. The van der Waals surface area contributed by atoms with Crippen LogP contribution in [0, 0.1) is 0 Å². The van der Waals surface area contributed by atoms with Crippen LogP contribution in [0.4, 0.5) is 0 Å². The highest BCUT2D eigenvalue weighted by molar-refractivity contribution is 5.72. The molecule has 0 bridgehead atoms. The van der Waals surface area contributed by atoms with Crippen LogP contribution < -0.4 is 0 Å². The van der Waals surface area contributed by atoms with Crippen molar-refractivity contribution < 1.29 is 38.2 Å². The summed E-state index contributed by atoms with van der Waals surface area (Å²) in [5, 5.41) is 9.63. The van der Waals surface area contributed by atoms with Crippen molar-refractivity contribution in [1.82, 2.24) is 0 Å². The molecule has 0 spiro atoms. The van der Waals surface area contributed by atoms with E-state index in [1.54, 1.807) is 0 Å². The summed E-state index contributed by atoms with van der Waals surface area (Å²) in [5.74, 6) is -1.56. The smallest absolute Gasteiger partial charge is 0.362 e. The number of carboxylic acids is 1. The Morgan fingerprint density at radius 3 is 1.47 bits per heavy atom. The number of quaternary nitrogens is 1. The molecule has 2 atom stereocenters. The molecule has 0 saturated heterocycles.